The van der Waals surface area contributed by atoms with Gasteiger partial charge in [-0.05, 0) is 23.6 Å². The molecular formula is C12H15O3. The van der Waals surface area contributed by atoms with Gasteiger partial charge in [0.25, 0.3) is 0 Å². The van der Waals surface area contributed by atoms with Gasteiger partial charge in [-0.3, -0.25) is 0 Å². The molecule has 1 rings (SSSR count). The van der Waals surface area contributed by atoms with Crippen LogP contribution in [0.1, 0.15) is 26.3 Å². The summed E-state index contributed by atoms with van der Waals surface area (Å²) in [7, 11) is 1.61. The molecule has 0 saturated heterocycles. The van der Waals surface area contributed by atoms with Crippen LogP contribution in [0.3, 0.4) is 0 Å². The summed E-state index contributed by atoms with van der Waals surface area (Å²) in [6.07, 6.45) is 0. The average Bonchev–Trinajstić information content (AvgIpc) is 2.17. The maximum atomic E-state index is 10.2. The molecule has 0 spiro atoms. The molecule has 1 aromatic carbocycles. The second-order valence-electron chi connectivity index (χ2n) is 4.30. The van der Waals surface area contributed by atoms with E-state index in [9.17, 15) is 4.79 Å². The van der Waals surface area contributed by atoms with E-state index in [0.717, 1.165) is 11.3 Å². The van der Waals surface area contributed by atoms with Gasteiger partial charge in [0.15, 0.2) is 0 Å². The smallest absolute Gasteiger partial charge is 0.423 e. The van der Waals surface area contributed by atoms with E-state index in [1.807, 2.05) is 26.8 Å². The van der Waals surface area contributed by atoms with Crippen LogP contribution >= 0.6 is 0 Å². The van der Waals surface area contributed by atoms with E-state index in [2.05, 4.69) is 0 Å². The number of carbonyl (C=O) groups excluding carboxylic acids is 1. The largest absolute Gasteiger partial charge is 0.497 e. The third kappa shape index (κ3) is 2.72. The lowest BCUT2D eigenvalue weighted by Gasteiger charge is -2.21. The van der Waals surface area contributed by atoms with Crippen LogP contribution in [-0.2, 0) is 10.2 Å². The van der Waals surface area contributed by atoms with E-state index >= 15 is 0 Å². The molecule has 3 nitrogen and oxygen atoms in total. The Labute approximate surface area is 90.0 Å². The molecule has 0 amide bonds. The van der Waals surface area contributed by atoms with Gasteiger partial charge >= 0.3 is 6.47 Å². The summed E-state index contributed by atoms with van der Waals surface area (Å²) in [6.45, 7) is 7.57. The van der Waals surface area contributed by atoms with Crippen molar-refractivity contribution in [1.82, 2.24) is 0 Å². The van der Waals surface area contributed by atoms with Gasteiger partial charge in [-0.25, -0.2) is 4.79 Å². The van der Waals surface area contributed by atoms with Crippen molar-refractivity contribution in [3.63, 3.8) is 0 Å². The molecule has 0 saturated carbocycles. The lowest BCUT2D eigenvalue weighted by molar-refractivity contribution is 0.406. The van der Waals surface area contributed by atoms with E-state index in [1.165, 1.54) is 6.47 Å². The molecular weight excluding hydrogens is 192 g/mol. The first-order valence-corrected chi connectivity index (χ1v) is 4.71. The van der Waals surface area contributed by atoms with Gasteiger partial charge in [0.05, 0.1) is 7.11 Å². The van der Waals surface area contributed by atoms with Crippen molar-refractivity contribution in [3.8, 4) is 11.5 Å². The first kappa shape index (κ1) is 11.6. The Hall–Kier alpha value is -1.51. The number of methoxy groups -OCH3 is 1. The SMILES string of the molecule is COc1ccc(O[C]=O)c(C(C)(C)C)c1. The Balaban J connectivity index is 3.22. The molecule has 0 unspecified atom stereocenters. The minimum Gasteiger partial charge on any atom is -0.497 e. The van der Waals surface area contributed by atoms with E-state index in [-0.39, 0.29) is 5.41 Å². The minimum absolute atomic E-state index is 0.110. The van der Waals surface area contributed by atoms with Crippen LogP contribution in [0.25, 0.3) is 0 Å². The lowest BCUT2D eigenvalue weighted by atomic mass is 9.86. The number of rotatable bonds is 3. The second-order valence-corrected chi connectivity index (χ2v) is 4.30. The van der Waals surface area contributed by atoms with Gasteiger partial charge in [-0.15, -0.1) is 0 Å². The molecule has 0 aliphatic carbocycles. The summed E-state index contributed by atoms with van der Waals surface area (Å²) < 4.78 is 9.93. The van der Waals surface area contributed by atoms with Gasteiger partial charge < -0.3 is 9.47 Å². The van der Waals surface area contributed by atoms with Crippen LogP contribution in [0.5, 0.6) is 11.5 Å². The van der Waals surface area contributed by atoms with Crippen LogP contribution in [0.15, 0.2) is 18.2 Å². The number of benzene rings is 1. The Morgan fingerprint density at radius 2 is 1.93 bits per heavy atom. The second kappa shape index (κ2) is 4.34. The Bertz CT molecular complexity index is 350. The summed E-state index contributed by atoms with van der Waals surface area (Å²) in [4.78, 5) is 10.2. The highest BCUT2D eigenvalue weighted by Gasteiger charge is 2.20. The summed E-state index contributed by atoms with van der Waals surface area (Å²) in [5.74, 6) is 1.27. The predicted octanol–water partition coefficient (Wildman–Crippen LogP) is 2.44. The van der Waals surface area contributed by atoms with E-state index in [1.54, 1.807) is 19.2 Å². The maximum absolute atomic E-state index is 10.2. The van der Waals surface area contributed by atoms with Crippen LogP contribution < -0.4 is 9.47 Å². The van der Waals surface area contributed by atoms with Crippen molar-refractivity contribution in [3.05, 3.63) is 23.8 Å². The van der Waals surface area contributed by atoms with Gasteiger partial charge in [0.1, 0.15) is 11.5 Å². The van der Waals surface area contributed by atoms with Crippen molar-refractivity contribution in [2.24, 2.45) is 0 Å². The number of ether oxygens (including phenoxy) is 2. The van der Waals surface area contributed by atoms with E-state index in [4.69, 9.17) is 9.47 Å². The minimum atomic E-state index is -0.110. The average molecular weight is 207 g/mol. The van der Waals surface area contributed by atoms with E-state index in [0.29, 0.717) is 5.75 Å². The Kier molecular flexibility index (Phi) is 3.35. The van der Waals surface area contributed by atoms with Crippen molar-refractivity contribution < 1.29 is 14.3 Å². The third-order valence-corrected chi connectivity index (χ3v) is 2.15. The summed E-state index contributed by atoms with van der Waals surface area (Å²) >= 11 is 0. The first-order chi connectivity index (χ1) is 6.99. The summed E-state index contributed by atoms with van der Waals surface area (Å²) in [6, 6.07) is 5.33. The molecule has 0 N–H and O–H groups in total. The molecule has 1 aromatic rings. The normalized spacial score (nSPS) is 10.9. The molecule has 15 heavy (non-hydrogen) atoms. The van der Waals surface area contributed by atoms with E-state index < -0.39 is 0 Å². The van der Waals surface area contributed by atoms with Crippen molar-refractivity contribution in [2.75, 3.05) is 7.11 Å². The Morgan fingerprint density at radius 1 is 1.27 bits per heavy atom. The number of hydrogen-bond acceptors (Lipinski definition) is 3. The topological polar surface area (TPSA) is 35.5 Å². The lowest BCUT2D eigenvalue weighted by Crippen LogP contribution is -2.13. The monoisotopic (exact) mass is 207 g/mol. The zero-order chi connectivity index (χ0) is 11.5. The summed E-state index contributed by atoms with van der Waals surface area (Å²) in [5.41, 5.74) is 0.811. The Morgan fingerprint density at radius 3 is 2.40 bits per heavy atom. The van der Waals surface area contributed by atoms with Crippen molar-refractivity contribution >= 4 is 6.47 Å². The van der Waals surface area contributed by atoms with Gasteiger partial charge in [0.2, 0.25) is 0 Å². The van der Waals surface area contributed by atoms with Crippen LogP contribution in [0.4, 0.5) is 0 Å². The molecule has 3 heteroatoms. The molecule has 0 fully saturated rings. The number of hydrogen-bond donors (Lipinski definition) is 0. The van der Waals surface area contributed by atoms with Crippen LogP contribution in [0, 0.1) is 0 Å². The fourth-order valence-corrected chi connectivity index (χ4v) is 1.36. The fourth-order valence-electron chi connectivity index (χ4n) is 1.36. The molecule has 0 aliphatic heterocycles. The molecule has 81 valence electrons. The highest BCUT2D eigenvalue weighted by atomic mass is 16.5. The molecule has 0 heterocycles. The molecule has 0 aliphatic rings. The van der Waals surface area contributed by atoms with Crippen LogP contribution in [-0.4, -0.2) is 13.6 Å². The van der Waals surface area contributed by atoms with Gasteiger partial charge in [-0.1, -0.05) is 20.8 Å². The molecule has 1 radical (unpaired) electrons. The molecule has 0 aromatic heterocycles. The van der Waals surface area contributed by atoms with Crippen molar-refractivity contribution in [1.29, 1.82) is 0 Å². The van der Waals surface area contributed by atoms with Gasteiger partial charge in [-0.2, -0.15) is 0 Å². The fraction of sp³-hybridized carbons (Fsp3) is 0.417. The highest BCUT2D eigenvalue weighted by molar-refractivity contribution is 5.52. The molecule has 0 atom stereocenters. The quantitative estimate of drug-likeness (QED) is 0.763. The van der Waals surface area contributed by atoms with Crippen molar-refractivity contribution in [2.45, 2.75) is 26.2 Å². The maximum Gasteiger partial charge on any atom is 0.423 e. The zero-order valence-electron chi connectivity index (χ0n) is 9.46. The van der Waals surface area contributed by atoms with Gasteiger partial charge in [0, 0.05) is 5.56 Å². The third-order valence-electron chi connectivity index (χ3n) is 2.15. The first-order valence-electron chi connectivity index (χ1n) is 4.71. The predicted molar refractivity (Wildman–Crippen MR) is 58.0 cm³/mol. The zero-order valence-corrected chi connectivity index (χ0v) is 9.46. The van der Waals surface area contributed by atoms with Crippen LogP contribution in [0.2, 0.25) is 0 Å². The molecule has 0 bridgehead atoms. The highest BCUT2D eigenvalue weighted by Crippen LogP contribution is 2.33. The summed E-state index contributed by atoms with van der Waals surface area (Å²) in [5, 5.41) is 0. The standard InChI is InChI=1S/C12H15O3/c1-12(2,3)10-7-9(14-4)5-6-11(10)15-8-13/h5-7H,1-4H3.